The Morgan fingerprint density at radius 1 is 1.57 bits per heavy atom. The zero-order chi connectivity index (χ0) is 5.91. The first kappa shape index (κ1) is 6.89. The first-order valence-corrected chi connectivity index (χ1v) is 2.29. The molecule has 0 unspecified atom stereocenters. The van der Waals surface area contributed by atoms with Gasteiger partial charge in [0, 0.05) is 14.1 Å². The van der Waals surface area contributed by atoms with Crippen LogP contribution in [0.1, 0.15) is 0 Å². The Morgan fingerprint density at radius 2 is 2.00 bits per heavy atom. The van der Waals surface area contributed by atoms with Gasteiger partial charge in [0.05, 0.1) is 6.54 Å². The predicted octanol–water partition coefficient (Wildman–Crippen LogP) is 0.824. The molecule has 0 radical (unpaired) electrons. The molecule has 0 aliphatic heterocycles. The lowest BCUT2D eigenvalue weighted by atomic mass is 10.6. The van der Waals surface area contributed by atoms with E-state index in [-0.39, 0.29) is 6.67 Å². The predicted molar refractivity (Wildman–Crippen MR) is 28.3 cm³/mol. The lowest BCUT2D eigenvalue weighted by Crippen LogP contribution is -2.33. The van der Waals surface area contributed by atoms with Gasteiger partial charge >= 0.3 is 0 Å². The average Bonchev–Trinajstić information content (AvgIpc) is 1.30. The number of hydrogen-bond donors (Lipinski definition) is 0. The molecule has 0 saturated carbocycles. The van der Waals surface area contributed by atoms with Crippen LogP contribution in [0, 0.1) is 7.05 Å². The molecule has 0 saturated heterocycles. The second-order valence-corrected chi connectivity index (χ2v) is 2.35. The van der Waals surface area contributed by atoms with Crippen molar-refractivity contribution < 1.29 is 8.87 Å². The van der Waals surface area contributed by atoms with Crippen molar-refractivity contribution in [3.05, 3.63) is 7.05 Å². The van der Waals surface area contributed by atoms with Crippen LogP contribution >= 0.6 is 0 Å². The Labute approximate surface area is 44.3 Å². The van der Waals surface area contributed by atoms with Crippen LogP contribution in [0.4, 0.5) is 4.39 Å². The summed E-state index contributed by atoms with van der Waals surface area (Å²) < 4.78 is 11.9. The summed E-state index contributed by atoms with van der Waals surface area (Å²) in [5.74, 6) is 0. The van der Waals surface area contributed by atoms with E-state index in [0.29, 0.717) is 11.0 Å². The number of halogens is 1. The molecule has 0 aromatic heterocycles. The maximum absolute atomic E-state index is 11.4. The molecule has 0 aliphatic carbocycles. The molecule has 0 amide bonds. The molecular weight excluding hydrogens is 93.1 g/mol. The van der Waals surface area contributed by atoms with Crippen molar-refractivity contribution in [1.82, 2.24) is 0 Å². The van der Waals surface area contributed by atoms with E-state index in [1.807, 2.05) is 14.1 Å². The van der Waals surface area contributed by atoms with Crippen LogP contribution in [0.5, 0.6) is 0 Å². The first-order valence-electron chi connectivity index (χ1n) is 2.29. The third-order valence-electron chi connectivity index (χ3n) is 0.690. The molecule has 44 valence electrons. The van der Waals surface area contributed by atoms with Gasteiger partial charge in [-0.25, -0.2) is 4.39 Å². The minimum atomic E-state index is -0.281. The fraction of sp³-hybridized carbons (Fsp3) is 0.800. The molecule has 7 heavy (non-hydrogen) atoms. The van der Waals surface area contributed by atoms with Crippen LogP contribution in [0.3, 0.4) is 0 Å². The number of quaternary nitrogens is 1. The van der Waals surface area contributed by atoms with Gasteiger partial charge < -0.3 is 4.48 Å². The zero-order valence-electron chi connectivity index (χ0n) is 4.95. The second kappa shape index (κ2) is 2.26. The van der Waals surface area contributed by atoms with Crippen molar-refractivity contribution >= 4 is 0 Å². The van der Waals surface area contributed by atoms with Crippen LogP contribution in [0.15, 0.2) is 0 Å². The number of rotatable bonds is 2. The van der Waals surface area contributed by atoms with Gasteiger partial charge in [0.15, 0.2) is 0 Å². The number of hydrogen-bond acceptors (Lipinski definition) is 0. The highest BCUT2D eigenvalue weighted by atomic mass is 19.1. The summed E-state index contributed by atoms with van der Waals surface area (Å²) in [5, 5.41) is 0. The van der Waals surface area contributed by atoms with Crippen molar-refractivity contribution in [1.29, 1.82) is 0 Å². The summed E-state index contributed by atoms with van der Waals surface area (Å²) in [6, 6.07) is 0. The van der Waals surface area contributed by atoms with Gasteiger partial charge in [0.25, 0.3) is 0 Å². The van der Waals surface area contributed by atoms with E-state index in [2.05, 4.69) is 7.05 Å². The highest BCUT2D eigenvalue weighted by Gasteiger charge is 1.95. The van der Waals surface area contributed by atoms with Crippen LogP contribution in [0.25, 0.3) is 0 Å². The molecule has 0 rings (SSSR count). The second-order valence-electron chi connectivity index (χ2n) is 2.35. The summed E-state index contributed by atoms with van der Waals surface area (Å²) in [4.78, 5) is 0. The Kier molecular flexibility index (Phi) is 2.23. The first-order chi connectivity index (χ1) is 3.06. The summed E-state index contributed by atoms with van der Waals surface area (Å²) >= 11 is 0. The smallest absolute Gasteiger partial charge is 0.136 e. The molecule has 0 aliphatic rings. The number of alkyl halides is 1. The van der Waals surface area contributed by atoms with Crippen LogP contribution < -0.4 is 0 Å². The summed E-state index contributed by atoms with van der Waals surface area (Å²) in [6.45, 7) is 0.219. The average molecular weight is 105 g/mol. The molecule has 0 aromatic rings. The zero-order valence-corrected chi connectivity index (χ0v) is 4.95. The standard InChI is InChI=1S/C5H12FN/c1-7(2,3)5-4-6/h1,4-5H2,2-3H3. The van der Waals surface area contributed by atoms with Gasteiger partial charge in [-0.3, -0.25) is 0 Å². The van der Waals surface area contributed by atoms with E-state index in [0.717, 1.165) is 0 Å². The molecule has 0 aromatic carbocycles. The Bertz CT molecular complexity index is 46.5. The normalized spacial score (nSPS) is 12.0. The maximum Gasteiger partial charge on any atom is 0.136 e. The summed E-state index contributed by atoms with van der Waals surface area (Å²) in [5.41, 5.74) is 0. The third kappa shape index (κ3) is 5.89. The lowest BCUT2D eigenvalue weighted by Gasteiger charge is -2.31. The van der Waals surface area contributed by atoms with Crippen LogP contribution in [0.2, 0.25) is 0 Å². The van der Waals surface area contributed by atoms with Crippen molar-refractivity contribution in [3.8, 4) is 0 Å². The fourth-order valence-electron chi connectivity index (χ4n) is 0.229. The van der Waals surface area contributed by atoms with Gasteiger partial charge in [-0.05, 0) is 0 Å². The maximum atomic E-state index is 11.4. The minimum absolute atomic E-state index is 0.281. The molecule has 0 bridgehead atoms. The lowest BCUT2D eigenvalue weighted by molar-refractivity contribution is -0.845. The summed E-state index contributed by atoms with van der Waals surface area (Å²) in [7, 11) is 7.38. The van der Waals surface area contributed by atoms with E-state index in [4.69, 9.17) is 0 Å². The molecule has 2 heteroatoms. The summed E-state index contributed by atoms with van der Waals surface area (Å²) in [6.07, 6.45) is 0. The molecule has 0 fully saturated rings. The SMILES string of the molecule is [CH2-][N+](C)(C)CCF. The topological polar surface area (TPSA) is 0 Å². The van der Waals surface area contributed by atoms with Gasteiger partial charge in [-0.1, -0.05) is 0 Å². The number of nitrogens with zero attached hydrogens (tertiary/aromatic N) is 1. The molecule has 1 nitrogen and oxygen atoms in total. The van der Waals surface area contributed by atoms with Crippen molar-refractivity contribution in [3.63, 3.8) is 0 Å². The largest absolute Gasteiger partial charge is 0.460 e. The van der Waals surface area contributed by atoms with Crippen LogP contribution in [-0.4, -0.2) is 31.8 Å². The third-order valence-corrected chi connectivity index (χ3v) is 0.690. The van der Waals surface area contributed by atoms with Gasteiger partial charge in [-0.15, -0.1) is 7.05 Å². The Balaban J connectivity index is 3.15. The van der Waals surface area contributed by atoms with Crippen LogP contribution in [-0.2, 0) is 0 Å². The highest BCUT2D eigenvalue weighted by molar-refractivity contribution is 4.24. The van der Waals surface area contributed by atoms with Gasteiger partial charge in [0.1, 0.15) is 6.67 Å². The van der Waals surface area contributed by atoms with E-state index in [9.17, 15) is 4.39 Å². The molecule has 0 heterocycles. The molecule has 0 spiro atoms. The fourth-order valence-corrected chi connectivity index (χ4v) is 0.229. The van der Waals surface area contributed by atoms with E-state index < -0.39 is 0 Å². The van der Waals surface area contributed by atoms with Gasteiger partial charge in [-0.2, -0.15) is 0 Å². The van der Waals surface area contributed by atoms with Crippen molar-refractivity contribution in [2.24, 2.45) is 0 Å². The molecule has 0 N–H and O–H groups in total. The highest BCUT2D eigenvalue weighted by Crippen LogP contribution is 1.89. The van der Waals surface area contributed by atoms with E-state index >= 15 is 0 Å². The Morgan fingerprint density at radius 3 is 2.00 bits per heavy atom. The quantitative estimate of drug-likeness (QED) is 0.360. The molecular formula is C5H12FN. The van der Waals surface area contributed by atoms with E-state index in [1.165, 1.54) is 0 Å². The van der Waals surface area contributed by atoms with Crippen molar-refractivity contribution in [2.75, 3.05) is 27.3 Å². The monoisotopic (exact) mass is 105 g/mol. The minimum Gasteiger partial charge on any atom is -0.460 e. The van der Waals surface area contributed by atoms with Crippen molar-refractivity contribution in [2.45, 2.75) is 0 Å². The van der Waals surface area contributed by atoms with Gasteiger partial charge in [0.2, 0.25) is 0 Å². The molecule has 0 atom stereocenters. The Hall–Kier alpha value is -0.110. The van der Waals surface area contributed by atoms with E-state index in [1.54, 1.807) is 0 Å².